The summed E-state index contributed by atoms with van der Waals surface area (Å²) >= 11 is 5.16. The maximum atomic E-state index is 12.0. The molecule has 0 saturated heterocycles. The molecule has 1 heterocycles. The minimum absolute atomic E-state index is 0.0835. The van der Waals surface area contributed by atoms with Crippen LogP contribution in [0.25, 0.3) is 11.4 Å². The van der Waals surface area contributed by atoms with E-state index in [2.05, 4.69) is 31.6 Å². The molecule has 0 bridgehead atoms. The molecule has 26 heavy (non-hydrogen) atoms. The van der Waals surface area contributed by atoms with Crippen LogP contribution < -0.4 is 16.2 Å². The van der Waals surface area contributed by atoms with Crippen molar-refractivity contribution < 1.29 is 4.79 Å². The van der Waals surface area contributed by atoms with Gasteiger partial charge in [-0.05, 0) is 36.0 Å². The topological polar surface area (TPSA) is 96.8 Å². The van der Waals surface area contributed by atoms with Gasteiger partial charge in [-0.15, -0.1) is 10.2 Å². The molecule has 3 aromatic rings. The zero-order valence-electron chi connectivity index (χ0n) is 14.0. The number of amides is 1. The lowest BCUT2D eigenvalue weighted by molar-refractivity contribution is -0.122. The molecule has 0 radical (unpaired) electrons. The van der Waals surface area contributed by atoms with E-state index in [4.69, 9.17) is 12.2 Å². The molecule has 9 heteroatoms. The molecule has 0 aliphatic rings. The number of thiocarbonyl (C=S) groups is 1. The van der Waals surface area contributed by atoms with Gasteiger partial charge in [0, 0.05) is 11.3 Å². The van der Waals surface area contributed by atoms with Gasteiger partial charge in [-0.2, -0.15) is 4.80 Å². The van der Waals surface area contributed by atoms with Crippen molar-refractivity contribution in [2.24, 2.45) is 0 Å². The largest absolute Gasteiger partial charge is 0.331 e. The molecule has 8 nitrogen and oxygen atoms in total. The summed E-state index contributed by atoms with van der Waals surface area (Å²) in [4.78, 5) is 13.2. The fraction of sp³-hybridized carbons (Fsp3) is 0.118. The van der Waals surface area contributed by atoms with Crippen molar-refractivity contribution in [2.75, 3.05) is 5.32 Å². The summed E-state index contributed by atoms with van der Waals surface area (Å²) in [5.74, 6) is 0.110. The average molecular weight is 367 g/mol. The van der Waals surface area contributed by atoms with Crippen LogP contribution in [0, 0.1) is 6.92 Å². The van der Waals surface area contributed by atoms with Crippen molar-refractivity contribution in [3.05, 3.63) is 60.2 Å². The summed E-state index contributed by atoms with van der Waals surface area (Å²) in [6.07, 6.45) is 0. The normalized spacial score (nSPS) is 10.2. The van der Waals surface area contributed by atoms with Gasteiger partial charge >= 0.3 is 0 Å². The molecule has 1 aromatic heterocycles. The van der Waals surface area contributed by atoms with Gasteiger partial charge in [0.15, 0.2) is 5.11 Å². The van der Waals surface area contributed by atoms with E-state index in [1.165, 1.54) is 4.80 Å². The van der Waals surface area contributed by atoms with E-state index in [0.29, 0.717) is 5.82 Å². The Morgan fingerprint density at radius 2 is 1.81 bits per heavy atom. The summed E-state index contributed by atoms with van der Waals surface area (Å²) in [7, 11) is 0. The Labute approximate surface area is 155 Å². The van der Waals surface area contributed by atoms with Gasteiger partial charge in [-0.1, -0.05) is 48.5 Å². The molecular formula is C17H17N7OS. The number of anilines is 1. The van der Waals surface area contributed by atoms with Gasteiger partial charge in [-0.25, -0.2) is 0 Å². The van der Waals surface area contributed by atoms with Crippen LogP contribution in [-0.2, 0) is 11.3 Å². The van der Waals surface area contributed by atoms with Crippen molar-refractivity contribution >= 4 is 28.9 Å². The number of hydrazine groups is 1. The molecular weight excluding hydrogens is 350 g/mol. The third-order valence-corrected chi connectivity index (χ3v) is 3.68. The highest BCUT2D eigenvalue weighted by Crippen LogP contribution is 2.13. The van der Waals surface area contributed by atoms with Crippen molar-refractivity contribution in [1.82, 2.24) is 31.1 Å². The first kappa shape index (κ1) is 17.5. The highest BCUT2D eigenvalue weighted by atomic mass is 32.1. The van der Waals surface area contributed by atoms with Gasteiger partial charge in [0.05, 0.1) is 0 Å². The summed E-state index contributed by atoms with van der Waals surface area (Å²) in [6, 6.07) is 17.1. The highest BCUT2D eigenvalue weighted by Gasteiger charge is 2.09. The molecule has 0 aliphatic carbocycles. The lowest BCUT2D eigenvalue weighted by Gasteiger charge is -2.12. The summed E-state index contributed by atoms with van der Waals surface area (Å²) in [6.45, 7) is 1.88. The fourth-order valence-electron chi connectivity index (χ4n) is 2.17. The Balaban J connectivity index is 1.49. The number of benzene rings is 2. The molecule has 3 N–H and O–H groups in total. The van der Waals surface area contributed by atoms with Crippen LogP contribution >= 0.6 is 12.2 Å². The minimum atomic E-state index is -0.351. The molecule has 132 valence electrons. The number of nitrogens with zero attached hydrogens (tertiary/aromatic N) is 4. The van der Waals surface area contributed by atoms with Crippen LogP contribution in [-0.4, -0.2) is 31.2 Å². The second kappa shape index (κ2) is 8.17. The van der Waals surface area contributed by atoms with Crippen molar-refractivity contribution in [2.45, 2.75) is 13.5 Å². The smallest absolute Gasteiger partial charge is 0.262 e. The number of aryl methyl sites for hydroxylation is 1. The monoisotopic (exact) mass is 367 g/mol. The van der Waals surface area contributed by atoms with Crippen molar-refractivity contribution in [3.63, 3.8) is 0 Å². The first-order valence-corrected chi connectivity index (χ1v) is 8.27. The van der Waals surface area contributed by atoms with Crippen LogP contribution in [0.1, 0.15) is 5.56 Å². The van der Waals surface area contributed by atoms with Gasteiger partial charge in [0.2, 0.25) is 5.82 Å². The number of hydrogen-bond acceptors (Lipinski definition) is 5. The Kier molecular flexibility index (Phi) is 5.49. The summed E-state index contributed by atoms with van der Waals surface area (Å²) in [5.41, 5.74) is 7.89. The van der Waals surface area contributed by atoms with E-state index < -0.39 is 0 Å². The van der Waals surface area contributed by atoms with E-state index in [1.807, 2.05) is 61.5 Å². The van der Waals surface area contributed by atoms with Gasteiger partial charge in [-0.3, -0.25) is 15.6 Å². The molecule has 0 fully saturated rings. The molecule has 2 aromatic carbocycles. The lowest BCUT2D eigenvalue weighted by atomic mass is 10.2. The molecule has 0 atom stereocenters. The lowest BCUT2D eigenvalue weighted by Crippen LogP contribution is -2.45. The van der Waals surface area contributed by atoms with Gasteiger partial charge < -0.3 is 5.32 Å². The van der Waals surface area contributed by atoms with E-state index in [0.717, 1.165) is 16.8 Å². The standard InChI is InChI=1S/C17H17N7OS/c1-12-7-5-6-10-14(12)18-17(26)21-19-15(25)11-24-22-16(20-23-24)13-8-3-2-4-9-13/h2-10H,11H2,1H3,(H,19,25)(H2,18,21,26). The first-order chi connectivity index (χ1) is 12.6. The number of tetrazole rings is 1. The van der Waals surface area contributed by atoms with Crippen LogP contribution in [0.3, 0.4) is 0 Å². The molecule has 0 spiro atoms. The fourth-order valence-corrected chi connectivity index (χ4v) is 2.34. The maximum Gasteiger partial charge on any atom is 0.262 e. The SMILES string of the molecule is Cc1ccccc1NC(=S)NNC(=O)Cn1nnc(-c2ccccc2)n1. The number of nitrogens with one attached hydrogen (secondary N) is 3. The molecule has 0 unspecified atom stereocenters. The number of para-hydroxylation sites is 1. The average Bonchev–Trinajstić information content (AvgIpc) is 3.11. The zero-order chi connectivity index (χ0) is 18.4. The Hall–Kier alpha value is -3.33. The molecule has 3 rings (SSSR count). The molecule has 1 amide bonds. The van der Waals surface area contributed by atoms with Crippen molar-refractivity contribution in [3.8, 4) is 11.4 Å². The van der Waals surface area contributed by atoms with E-state index in [9.17, 15) is 4.79 Å². The Morgan fingerprint density at radius 1 is 1.08 bits per heavy atom. The molecule has 0 aliphatic heterocycles. The summed E-state index contributed by atoms with van der Waals surface area (Å²) < 4.78 is 0. The van der Waals surface area contributed by atoms with E-state index >= 15 is 0 Å². The van der Waals surface area contributed by atoms with Crippen LogP contribution in [0.15, 0.2) is 54.6 Å². The Morgan fingerprint density at radius 3 is 2.58 bits per heavy atom. The third-order valence-electron chi connectivity index (χ3n) is 3.48. The van der Waals surface area contributed by atoms with Crippen LogP contribution in [0.4, 0.5) is 5.69 Å². The molecule has 0 saturated carbocycles. The van der Waals surface area contributed by atoms with Gasteiger partial charge in [0.25, 0.3) is 5.91 Å². The zero-order valence-corrected chi connectivity index (χ0v) is 14.8. The number of carbonyl (C=O) groups excluding carboxylic acids is 1. The first-order valence-electron chi connectivity index (χ1n) is 7.86. The number of aromatic nitrogens is 4. The predicted molar refractivity (Wildman–Crippen MR) is 102 cm³/mol. The quantitative estimate of drug-likeness (QED) is 0.477. The second-order valence-electron chi connectivity index (χ2n) is 5.45. The second-order valence-corrected chi connectivity index (χ2v) is 5.86. The number of rotatable bonds is 4. The minimum Gasteiger partial charge on any atom is -0.331 e. The van der Waals surface area contributed by atoms with Crippen molar-refractivity contribution in [1.29, 1.82) is 0 Å². The van der Waals surface area contributed by atoms with Gasteiger partial charge in [0.1, 0.15) is 6.54 Å². The number of carbonyl (C=O) groups is 1. The van der Waals surface area contributed by atoms with Crippen LogP contribution in [0.2, 0.25) is 0 Å². The third kappa shape index (κ3) is 4.61. The van der Waals surface area contributed by atoms with E-state index in [-0.39, 0.29) is 17.6 Å². The van der Waals surface area contributed by atoms with E-state index in [1.54, 1.807) is 0 Å². The maximum absolute atomic E-state index is 12.0. The van der Waals surface area contributed by atoms with Crippen LogP contribution in [0.5, 0.6) is 0 Å². The highest BCUT2D eigenvalue weighted by molar-refractivity contribution is 7.80. The summed E-state index contributed by atoms with van der Waals surface area (Å²) in [5, 5.41) is 15.3. The predicted octanol–water partition coefficient (Wildman–Crippen LogP) is 1.67. The Bertz CT molecular complexity index is 910. The number of hydrogen-bond donors (Lipinski definition) is 3.